The van der Waals surface area contributed by atoms with Gasteiger partial charge in [0.15, 0.2) is 0 Å². The molecule has 1 N–H and O–H groups in total. The van der Waals surface area contributed by atoms with E-state index in [1.54, 1.807) is 4.31 Å². The lowest BCUT2D eigenvalue weighted by molar-refractivity contribution is -0.0115. The van der Waals surface area contributed by atoms with Crippen LogP contribution in [0.3, 0.4) is 0 Å². The van der Waals surface area contributed by atoms with E-state index in [-0.39, 0.29) is 18.1 Å². The highest BCUT2D eigenvalue weighted by atomic mass is 32.2. The van der Waals surface area contributed by atoms with Gasteiger partial charge >= 0.3 is 0 Å². The highest BCUT2D eigenvalue weighted by molar-refractivity contribution is 7.89. The molecule has 0 aliphatic carbocycles. The summed E-state index contributed by atoms with van der Waals surface area (Å²) >= 11 is 0. The molecule has 3 saturated heterocycles. The molecule has 2 bridgehead atoms. The Morgan fingerprint density at radius 2 is 1.89 bits per heavy atom. The van der Waals surface area contributed by atoms with Gasteiger partial charge in [-0.05, 0) is 44.7 Å². The second-order valence-electron chi connectivity index (χ2n) is 5.77. The first kappa shape index (κ1) is 12.8. The van der Waals surface area contributed by atoms with Crippen LogP contribution in [0.4, 0.5) is 0 Å². The fourth-order valence-corrected chi connectivity index (χ4v) is 5.15. The fraction of sp³-hybridized carbons (Fsp3) is 1.00. The summed E-state index contributed by atoms with van der Waals surface area (Å²) in [6, 6.07) is 0. The lowest BCUT2D eigenvalue weighted by atomic mass is 10.0. The van der Waals surface area contributed by atoms with Crippen molar-refractivity contribution in [3.8, 4) is 0 Å². The van der Waals surface area contributed by atoms with Crippen molar-refractivity contribution in [1.82, 2.24) is 9.62 Å². The Balaban J connectivity index is 1.62. The number of morpholine rings is 1. The van der Waals surface area contributed by atoms with Gasteiger partial charge in [-0.3, -0.25) is 0 Å². The molecular formula is C12H22N2O3S. The number of fused-ring (bicyclic) bond motifs is 2. The predicted molar refractivity (Wildman–Crippen MR) is 68.8 cm³/mol. The largest absolute Gasteiger partial charge is 0.372 e. The zero-order chi connectivity index (χ0) is 12.6. The van der Waals surface area contributed by atoms with E-state index in [0.29, 0.717) is 18.8 Å². The number of nitrogens with zero attached hydrogens (tertiary/aromatic N) is 1. The molecule has 3 aliphatic rings. The van der Waals surface area contributed by atoms with Gasteiger partial charge in [-0.25, -0.2) is 8.42 Å². The van der Waals surface area contributed by atoms with Crippen LogP contribution in [0.2, 0.25) is 0 Å². The van der Waals surface area contributed by atoms with E-state index in [1.807, 2.05) is 0 Å². The monoisotopic (exact) mass is 274 g/mol. The summed E-state index contributed by atoms with van der Waals surface area (Å²) in [6.07, 6.45) is 4.44. The summed E-state index contributed by atoms with van der Waals surface area (Å²) in [7, 11) is -3.10. The maximum absolute atomic E-state index is 12.4. The highest BCUT2D eigenvalue weighted by Crippen LogP contribution is 2.28. The second-order valence-corrected chi connectivity index (χ2v) is 7.78. The molecule has 18 heavy (non-hydrogen) atoms. The minimum absolute atomic E-state index is 0.142. The number of hydrogen-bond acceptors (Lipinski definition) is 4. The molecule has 6 heteroatoms. The van der Waals surface area contributed by atoms with Crippen LogP contribution in [-0.2, 0) is 14.8 Å². The number of hydrogen-bond donors (Lipinski definition) is 1. The van der Waals surface area contributed by atoms with Gasteiger partial charge in [0, 0.05) is 13.1 Å². The molecule has 0 aromatic carbocycles. The number of piperidine rings is 1. The molecule has 104 valence electrons. The molecule has 3 aliphatic heterocycles. The van der Waals surface area contributed by atoms with Crippen molar-refractivity contribution in [2.45, 2.75) is 37.9 Å². The van der Waals surface area contributed by atoms with E-state index in [2.05, 4.69) is 5.32 Å². The van der Waals surface area contributed by atoms with Crippen LogP contribution in [0.25, 0.3) is 0 Å². The Hall–Kier alpha value is -0.170. The zero-order valence-corrected chi connectivity index (χ0v) is 11.5. The van der Waals surface area contributed by atoms with Crippen molar-refractivity contribution in [3.63, 3.8) is 0 Å². The zero-order valence-electron chi connectivity index (χ0n) is 10.7. The Morgan fingerprint density at radius 3 is 2.50 bits per heavy atom. The molecule has 0 saturated carbocycles. The maximum atomic E-state index is 12.4. The minimum atomic E-state index is -3.10. The molecule has 3 rings (SSSR count). The number of rotatable bonds is 3. The average molecular weight is 274 g/mol. The second kappa shape index (κ2) is 5.07. The Labute approximate surface area is 109 Å². The molecule has 0 aromatic rings. The molecule has 3 fully saturated rings. The van der Waals surface area contributed by atoms with Gasteiger partial charge in [-0.15, -0.1) is 0 Å². The molecule has 3 unspecified atom stereocenters. The highest BCUT2D eigenvalue weighted by Gasteiger charge is 2.39. The summed E-state index contributed by atoms with van der Waals surface area (Å²) in [4.78, 5) is 0. The summed E-state index contributed by atoms with van der Waals surface area (Å²) in [5.74, 6) is 0.587. The van der Waals surface area contributed by atoms with Crippen molar-refractivity contribution >= 4 is 10.0 Å². The third-order valence-electron chi connectivity index (χ3n) is 4.25. The Bertz CT molecular complexity index is 380. The van der Waals surface area contributed by atoms with Crippen LogP contribution in [0, 0.1) is 5.92 Å². The molecule has 3 atom stereocenters. The smallest absolute Gasteiger partial charge is 0.214 e. The van der Waals surface area contributed by atoms with Gasteiger partial charge in [0.2, 0.25) is 10.0 Å². The fourth-order valence-electron chi connectivity index (χ4n) is 3.27. The van der Waals surface area contributed by atoms with Crippen LogP contribution in [0.1, 0.15) is 25.7 Å². The van der Waals surface area contributed by atoms with Gasteiger partial charge < -0.3 is 10.1 Å². The van der Waals surface area contributed by atoms with Gasteiger partial charge in [0.25, 0.3) is 0 Å². The molecule has 3 heterocycles. The molecule has 0 spiro atoms. The molecule has 0 aromatic heterocycles. The normalized spacial score (nSPS) is 37.9. The minimum Gasteiger partial charge on any atom is -0.372 e. The average Bonchev–Trinajstić information content (AvgIpc) is 2.69. The van der Waals surface area contributed by atoms with Crippen molar-refractivity contribution in [3.05, 3.63) is 0 Å². The SMILES string of the molecule is O=S(=O)(CC1CCCNC1)N1CC2CCC(C1)O2. The van der Waals surface area contributed by atoms with Crippen molar-refractivity contribution in [2.24, 2.45) is 5.92 Å². The molecular weight excluding hydrogens is 252 g/mol. The van der Waals surface area contributed by atoms with Crippen molar-refractivity contribution in [2.75, 3.05) is 31.9 Å². The predicted octanol–water partition coefficient (Wildman–Crippen LogP) is 0.179. The first-order valence-corrected chi connectivity index (χ1v) is 8.58. The lowest BCUT2D eigenvalue weighted by Crippen LogP contribution is -2.48. The van der Waals surface area contributed by atoms with E-state index in [4.69, 9.17) is 4.74 Å². The summed E-state index contributed by atoms with van der Waals surface area (Å²) < 4.78 is 32.2. The molecule has 5 nitrogen and oxygen atoms in total. The maximum Gasteiger partial charge on any atom is 0.214 e. The van der Waals surface area contributed by atoms with Crippen LogP contribution in [0.15, 0.2) is 0 Å². The quantitative estimate of drug-likeness (QED) is 0.797. The summed E-state index contributed by atoms with van der Waals surface area (Å²) in [6.45, 7) is 3.01. The van der Waals surface area contributed by atoms with Crippen LogP contribution < -0.4 is 5.32 Å². The topological polar surface area (TPSA) is 58.6 Å². The van der Waals surface area contributed by atoms with E-state index in [1.165, 1.54) is 0 Å². The third kappa shape index (κ3) is 2.71. The number of nitrogens with one attached hydrogen (secondary N) is 1. The van der Waals surface area contributed by atoms with E-state index in [0.717, 1.165) is 38.8 Å². The summed E-state index contributed by atoms with van der Waals surface area (Å²) in [5.41, 5.74) is 0. The Kier molecular flexibility index (Phi) is 3.62. The first-order chi connectivity index (χ1) is 8.63. The Morgan fingerprint density at radius 1 is 1.17 bits per heavy atom. The van der Waals surface area contributed by atoms with Crippen LogP contribution in [0.5, 0.6) is 0 Å². The molecule has 0 radical (unpaired) electrons. The van der Waals surface area contributed by atoms with Gasteiger partial charge in [-0.2, -0.15) is 4.31 Å². The van der Waals surface area contributed by atoms with Crippen LogP contribution >= 0.6 is 0 Å². The lowest BCUT2D eigenvalue weighted by Gasteiger charge is -2.33. The van der Waals surface area contributed by atoms with E-state index in [9.17, 15) is 8.42 Å². The molecule has 0 amide bonds. The number of ether oxygens (including phenoxy) is 1. The number of sulfonamides is 1. The first-order valence-electron chi connectivity index (χ1n) is 6.97. The third-order valence-corrected chi connectivity index (χ3v) is 6.23. The van der Waals surface area contributed by atoms with Crippen molar-refractivity contribution < 1.29 is 13.2 Å². The van der Waals surface area contributed by atoms with Gasteiger partial charge in [-0.1, -0.05) is 0 Å². The summed E-state index contributed by atoms with van der Waals surface area (Å²) in [5, 5.41) is 3.28. The van der Waals surface area contributed by atoms with Crippen LogP contribution in [-0.4, -0.2) is 56.9 Å². The van der Waals surface area contributed by atoms with Gasteiger partial charge in [0.1, 0.15) is 0 Å². The van der Waals surface area contributed by atoms with Gasteiger partial charge in [0.05, 0.1) is 18.0 Å². The standard InChI is InChI=1S/C12H22N2O3S/c15-18(16,9-10-2-1-5-13-6-10)14-7-11-3-4-12(8-14)17-11/h10-13H,1-9H2. The van der Waals surface area contributed by atoms with E-state index >= 15 is 0 Å². The van der Waals surface area contributed by atoms with Crippen molar-refractivity contribution in [1.29, 1.82) is 0 Å². The van der Waals surface area contributed by atoms with E-state index < -0.39 is 10.0 Å².